The van der Waals surface area contributed by atoms with Crippen molar-refractivity contribution in [2.45, 2.75) is 252 Å². The first-order chi connectivity index (χ1) is 36.5. The molecule has 0 rings (SSSR count). The summed E-state index contributed by atoms with van der Waals surface area (Å²) >= 11 is 0. The molecule has 1 unspecified atom stereocenters. The molecule has 0 N–H and O–H groups in total. The van der Waals surface area contributed by atoms with Crippen LogP contribution < -0.4 is 0 Å². The molecule has 0 aliphatic carbocycles. The molecular formula is C68H108O6. The largest absolute Gasteiger partial charge is 0.462 e. The highest BCUT2D eigenvalue weighted by molar-refractivity contribution is 5.71. The van der Waals surface area contributed by atoms with Gasteiger partial charge in [0.25, 0.3) is 0 Å². The Morgan fingerprint density at radius 2 is 0.595 bits per heavy atom. The predicted octanol–water partition coefficient (Wildman–Crippen LogP) is 20.4. The van der Waals surface area contributed by atoms with Gasteiger partial charge in [-0.15, -0.1) is 0 Å². The van der Waals surface area contributed by atoms with E-state index in [1.165, 1.54) is 96.3 Å². The minimum atomic E-state index is -0.821. The molecule has 0 aliphatic rings. The molecule has 0 heterocycles. The predicted molar refractivity (Wildman–Crippen MR) is 320 cm³/mol. The van der Waals surface area contributed by atoms with E-state index in [1.54, 1.807) is 0 Å². The lowest BCUT2D eigenvalue weighted by molar-refractivity contribution is -0.167. The van der Waals surface area contributed by atoms with E-state index < -0.39 is 6.10 Å². The lowest BCUT2D eigenvalue weighted by Gasteiger charge is -2.18. The summed E-state index contributed by atoms with van der Waals surface area (Å²) < 4.78 is 16.8. The van der Waals surface area contributed by atoms with Gasteiger partial charge in [-0.05, 0) is 83.5 Å². The normalized spacial score (nSPS) is 13.2. The Labute approximate surface area is 455 Å². The van der Waals surface area contributed by atoms with Crippen LogP contribution >= 0.6 is 0 Å². The molecule has 74 heavy (non-hydrogen) atoms. The first-order valence-electron chi connectivity index (χ1n) is 29.9. The number of unbranched alkanes of at least 4 members (excludes halogenated alkanes) is 23. The second kappa shape index (κ2) is 60.8. The zero-order valence-electron chi connectivity index (χ0n) is 47.5. The van der Waals surface area contributed by atoms with E-state index in [2.05, 4.69) is 93.7 Å². The van der Waals surface area contributed by atoms with Crippen molar-refractivity contribution in [3.63, 3.8) is 0 Å². The van der Waals surface area contributed by atoms with Crippen LogP contribution in [0.5, 0.6) is 0 Å². The van der Waals surface area contributed by atoms with E-state index in [0.717, 1.165) is 103 Å². The Kier molecular flexibility index (Phi) is 57.0. The van der Waals surface area contributed by atoms with Crippen molar-refractivity contribution in [2.75, 3.05) is 13.2 Å². The lowest BCUT2D eigenvalue weighted by atomic mass is 10.0. The van der Waals surface area contributed by atoms with Crippen LogP contribution in [0.2, 0.25) is 0 Å². The summed E-state index contributed by atoms with van der Waals surface area (Å²) in [4.78, 5) is 38.3. The van der Waals surface area contributed by atoms with E-state index in [9.17, 15) is 14.4 Å². The molecule has 0 radical (unpaired) electrons. The second-order valence-electron chi connectivity index (χ2n) is 19.3. The monoisotopic (exact) mass is 1020 g/mol. The quantitative estimate of drug-likeness (QED) is 0.0199. The van der Waals surface area contributed by atoms with Crippen LogP contribution in [0.15, 0.2) is 146 Å². The smallest absolute Gasteiger partial charge is 0.306 e. The Bertz CT molecular complexity index is 1640. The number of hydrogen-bond acceptors (Lipinski definition) is 6. The first-order valence-corrected chi connectivity index (χ1v) is 29.9. The fourth-order valence-electron chi connectivity index (χ4n) is 7.86. The molecule has 0 spiro atoms. The maximum atomic E-state index is 12.9. The molecule has 0 saturated carbocycles. The third-order valence-electron chi connectivity index (χ3n) is 12.3. The molecule has 6 heteroatoms. The van der Waals surface area contributed by atoms with Crippen LogP contribution in [-0.4, -0.2) is 37.2 Å². The highest BCUT2D eigenvalue weighted by Gasteiger charge is 2.19. The summed E-state index contributed by atoms with van der Waals surface area (Å²) in [5.74, 6) is -0.990. The average molecular weight is 1020 g/mol. The molecule has 6 nitrogen and oxygen atoms in total. The van der Waals surface area contributed by atoms with Gasteiger partial charge in [0.2, 0.25) is 0 Å². The molecule has 0 amide bonds. The fourth-order valence-corrected chi connectivity index (χ4v) is 7.86. The summed E-state index contributed by atoms with van der Waals surface area (Å²) in [6.07, 6.45) is 86.9. The molecule has 0 aromatic rings. The summed E-state index contributed by atoms with van der Waals surface area (Å²) in [5, 5.41) is 0. The molecule has 1 atom stereocenters. The molecule has 0 aromatic heterocycles. The standard InChI is InChI=1S/C68H108O6/c1-4-7-10-13-16-19-22-25-28-31-34-37-40-43-46-49-52-55-58-61-67(70)73-64-65(63-72-66(69)60-57-54-51-48-45-42-39-36-33-30-27-24-21-18-15-12-9-6-3)74-68(71)62-59-56-53-50-47-44-41-38-35-32-29-26-23-20-17-14-11-8-5-2/h7-8,10-11,13,16-17,19-20,22,25-26,28-29,31,34-35,37-38,40,43-44,46-47,65H,4-6,9,12,14-15,18,21,23-24,27,30,32-33,36,39,41-42,45,48-64H2,1-3H3/b10-7-,11-8-,16-13-,20-17-,22-19-,28-25-,29-26-,34-31+,38-35-,40-37-,46-43-,47-44-. The van der Waals surface area contributed by atoms with Gasteiger partial charge >= 0.3 is 17.9 Å². The van der Waals surface area contributed by atoms with E-state index in [0.29, 0.717) is 19.3 Å². The highest BCUT2D eigenvalue weighted by atomic mass is 16.6. The van der Waals surface area contributed by atoms with Gasteiger partial charge in [0.15, 0.2) is 6.10 Å². The first kappa shape index (κ1) is 69.3. The number of rotatable bonds is 52. The van der Waals surface area contributed by atoms with E-state index in [4.69, 9.17) is 14.2 Å². The zero-order valence-corrected chi connectivity index (χ0v) is 47.5. The zero-order chi connectivity index (χ0) is 53.6. The van der Waals surface area contributed by atoms with Crippen LogP contribution in [0.4, 0.5) is 0 Å². The van der Waals surface area contributed by atoms with E-state index in [1.807, 2.05) is 72.9 Å². The number of esters is 3. The Morgan fingerprint density at radius 3 is 0.986 bits per heavy atom. The van der Waals surface area contributed by atoms with Crippen LogP contribution in [0.3, 0.4) is 0 Å². The number of allylic oxidation sites excluding steroid dienone is 24. The number of ether oxygens (including phenoxy) is 3. The minimum Gasteiger partial charge on any atom is -0.462 e. The minimum absolute atomic E-state index is 0.110. The van der Waals surface area contributed by atoms with Crippen LogP contribution in [0.1, 0.15) is 245 Å². The average Bonchev–Trinajstić information content (AvgIpc) is 3.40. The summed E-state index contributed by atoms with van der Waals surface area (Å²) in [7, 11) is 0. The molecule has 0 bridgehead atoms. The number of carbonyl (C=O) groups is 3. The lowest BCUT2D eigenvalue weighted by Crippen LogP contribution is -2.30. The SMILES string of the molecule is CC\C=C/C=C\C=C/C=C\C=C\C=C/C=C\CCCCCC(=O)OCC(COC(=O)CCCCCCCCCCCCCCCCCCCC)OC(=O)CCCCC/C=C\C/C=C\C/C=C\C/C=C\C/C=C\CC. The van der Waals surface area contributed by atoms with Crippen LogP contribution in [0.25, 0.3) is 0 Å². The Morgan fingerprint density at radius 1 is 0.297 bits per heavy atom. The second-order valence-corrected chi connectivity index (χ2v) is 19.3. The van der Waals surface area contributed by atoms with Crippen LogP contribution in [0, 0.1) is 0 Å². The van der Waals surface area contributed by atoms with Crippen molar-refractivity contribution in [3.05, 3.63) is 146 Å². The van der Waals surface area contributed by atoms with Crippen molar-refractivity contribution < 1.29 is 28.6 Å². The van der Waals surface area contributed by atoms with Gasteiger partial charge in [-0.2, -0.15) is 0 Å². The van der Waals surface area contributed by atoms with Gasteiger partial charge in [0.1, 0.15) is 13.2 Å². The maximum absolute atomic E-state index is 12.9. The van der Waals surface area contributed by atoms with Crippen LogP contribution in [-0.2, 0) is 28.6 Å². The molecule has 0 fully saturated rings. The van der Waals surface area contributed by atoms with Gasteiger partial charge in [-0.1, -0.05) is 289 Å². The third-order valence-corrected chi connectivity index (χ3v) is 12.3. The van der Waals surface area contributed by atoms with Crippen molar-refractivity contribution >= 4 is 17.9 Å². The van der Waals surface area contributed by atoms with Crippen molar-refractivity contribution in [3.8, 4) is 0 Å². The fraction of sp³-hybridized carbons (Fsp3) is 0.603. The van der Waals surface area contributed by atoms with Gasteiger partial charge in [-0.3, -0.25) is 14.4 Å². The molecule has 416 valence electrons. The van der Waals surface area contributed by atoms with E-state index >= 15 is 0 Å². The molecule has 0 aliphatic heterocycles. The summed E-state index contributed by atoms with van der Waals surface area (Å²) in [5.41, 5.74) is 0. The number of carbonyl (C=O) groups excluding carboxylic acids is 3. The van der Waals surface area contributed by atoms with Gasteiger partial charge < -0.3 is 14.2 Å². The topological polar surface area (TPSA) is 78.9 Å². The van der Waals surface area contributed by atoms with Crippen molar-refractivity contribution in [1.82, 2.24) is 0 Å². The van der Waals surface area contributed by atoms with Gasteiger partial charge in [-0.25, -0.2) is 0 Å². The Balaban J connectivity index is 4.56. The maximum Gasteiger partial charge on any atom is 0.306 e. The van der Waals surface area contributed by atoms with Crippen molar-refractivity contribution in [2.24, 2.45) is 0 Å². The van der Waals surface area contributed by atoms with Gasteiger partial charge in [0.05, 0.1) is 0 Å². The van der Waals surface area contributed by atoms with Crippen molar-refractivity contribution in [1.29, 1.82) is 0 Å². The molecule has 0 saturated heterocycles. The summed E-state index contributed by atoms with van der Waals surface area (Å²) in [6.45, 7) is 6.32. The van der Waals surface area contributed by atoms with E-state index in [-0.39, 0.29) is 37.5 Å². The third kappa shape index (κ3) is 58.2. The molecule has 0 aromatic carbocycles. The molecular weight excluding hydrogens is 913 g/mol. The summed E-state index contributed by atoms with van der Waals surface area (Å²) in [6, 6.07) is 0. The van der Waals surface area contributed by atoms with Gasteiger partial charge in [0, 0.05) is 19.3 Å². The highest BCUT2D eigenvalue weighted by Crippen LogP contribution is 2.16. The Hall–Kier alpha value is -4.71. The number of hydrogen-bond donors (Lipinski definition) is 0.